The molecule has 1 aliphatic carbocycles. The van der Waals surface area contributed by atoms with Crippen LogP contribution >= 0.6 is 23.2 Å². The Labute approximate surface area is 170 Å². The van der Waals surface area contributed by atoms with E-state index in [2.05, 4.69) is 28.7 Å². The number of hydrogen-bond donors (Lipinski definition) is 2. The Morgan fingerprint density at radius 1 is 1.15 bits per heavy atom. The first-order valence-electron chi connectivity index (χ1n) is 9.34. The predicted octanol–water partition coefficient (Wildman–Crippen LogP) is 4.23. The van der Waals surface area contributed by atoms with E-state index in [1.54, 1.807) is 12.3 Å². The first kappa shape index (κ1) is 18.8. The minimum atomic E-state index is -0.0999. The fourth-order valence-corrected chi connectivity index (χ4v) is 4.92. The van der Waals surface area contributed by atoms with Crippen LogP contribution in [0, 0.1) is 17.8 Å². The van der Waals surface area contributed by atoms with Crippen molar-refractivity contribution in [1.29, 1.82) is 0 Å². The molecular weight excluding hydrogens is 381 g/mol. The molecule has 1 aliphatic heterocycles. The summed E-state index contributed by atoms with van der Waals surface area (Å²) in [6.07, 6.45) is 4.15. The van der Waals surface area contributed by atoms with Gasteiger partial charge >= 0.3 is 0 Å². The monoisotopic (exact) mass is 405 g/mol. The van der Waals surface area contributed by atoms with Gasteiger partial charge in [-0.15, -0.1) is 0 Å². The van der Waals surface area contributed by atoms with Crippen LogP contribution < -0.4 is 16.4 Å². The van der Waals surface area contributed by atoms with Gasteiger partial charge < -0.3 is 16.4 Å². The summed E-state index contributed by atoms with van der Waals surface area (Å²) in [7, 11) is 0. The zero-order valence-corrected chi connectivity index (χ0v) is 17.1. The largest absolute Gasteiger partial charge is 0.382 e. The van der Waals surface area contributed by atoms with E-state index in [0.29, 0.717) is 44.9 Å². The molecule has 1 aromatic heterocycles. The maximum atomic E-state index is 6.33. The van der Waals surface area contributed by atoms with Gasteiger partial charge in [-0.1, -0.05) is 35.3 Å². The molecule has 5 nitrogen and oxygen atoms in total. The number of rotatable bonds is 3. The number of fused-ring (bicyclic) bond motifs is 1. The van der Waals surface area contributed by atoms with E-state index in [1.165, 1.54) is 12.8 Å². The third-order valence-corrected chi connectivity index (χ3v) is 6.94. The Bertz CT molecular complexity index is 850. The highest BCUT2D eigenvalue weighted by atomic mass is 35.5. The Morgan fingerprint density at radius 2 is 1.81 bits per heavy atom. The zero-order valence-electron chi connectivity index (χ0n) is 15.6. The molecule has 2 unspecified atom stereocenters. The Kier molecular flexibility index (Phi) is 4.73. The summed E-state index contributed by atoms with van der Waals surface area (Å²) in [6, 6.07) is 5.42. The Hall–Kier alpha value is -1.56. The molecule has 0 amide bonds. The molecule has 4 N–H and O–H groups in total. The van der Waals surface area contributed by atoms with Crippen molar-refractivity contribution in [3.05, 3.63) is 34.4 Å². The van der Waals surface area contributed by atoms with E-state index >= 15 is 0 Å². The van der Waals surface area contributed by atoms with E-state index in [1.807, 2.05) is 12.1 Å². The molecule has 0 spiro atoms. The second-order valence-corrected chi connectivity index (χ2v) is 9.26. The third-order valence-electron chi connectivity index (χ3n) is 6.12. The molecule has 2 fully saturated rings. The van der Waals surface area contributed by atoms with E-state index in [0.717, 1.165) is 18.9 Å². The molecule has 27 heavy (non-hydrogen) atoms. The maximum absolute atomic E-state index is 6.33. The van der Waals surface area contributed by atoms with Gasteiger partial charge in [-0.25, -0.2) is 9.97 Å². The molecule has 144 valence electrons. The van der Waals surface area contributed by atoms with Crippen molar-refractivity contribution < 1.29 is 0 Å². The van der Waals surface area contributed by atoms with Gasteiger partial charge in [-0.3, -0.25) is 0 Å². The van der Waals surface area contributed by atoms with Gasteiger partial charge in [0.2, 0.25) is 0 Å². The van der Waals surface area contributed by atoms with Crippen molar-refractivity contribution in [3.63, 3.8) is 0 Å². The molecule has 2 heterocycles. The third kappa shape index (κ3) is 3.48. The van der Waals surface area contributed by atoms with Gasteiger partial charge in [0.05, 0.1) is 16.2 Å². The minimum Gasteiger partial charge on any atom is -0.382 e. The van der Waals surface area contributed by atoms with Crippen LogP contribution in [0.25, 0.3) is 11.3 Å². The fourth-order valence-electron chi connectivity index (χ4n) is 4.53. The molecule has 1 saturated heterocycles. The normalized spacial score (nSPS) is 25.1. The number of anilines is 2. The summed E-state index contributed by atoms with van der Waals surface area (Å²) in [5.41, 5.74) is 13.7. The van der Waals surface area contributed by atoms with E-state index in [-0.39, 0.29) is 5.54 Å². The molecule has 4 rings (SSSR count). The average Bonchev–Trinajstić information content (AvgIpc) is 3.16. The van der Waals surface area contributed by atoms with Gasteiger partial charge in [0.1, 0.15) is 11.5 Å². The standard InChI is InChI=1S/C20H25Cl2N5/c1-20(2,24)13-6-11-9-27(10-12(11)7-13)16-8-25-18(19(23)26-16)14-4-3-5-15(21)17(14)22/h3-5,8,11-13H,6-7,9-10,24H2,1-2H3,(H2,23,26)/t11-,12?,13?/m0/s1. The van der Waals surface area contributed by atoms with Crippen molar-refractivity contribution >= 4 is 34.8 Å². The number of nitrogens with zero attached hydrogens (tertiary/aromatic N) is 3. The molecule has 7 heteroatoms. The molecule has 1 aromatic carbocycles. The number of nitrogen functional groups attached to an aromatic ring is 1. The highest BCUT2D eigenvalue weighted by molar-refractivity contribution is 6.43. The smallest absolute Gasteiger partial charge is 0.152 e. The second kappa shape index (κ2) is 6.80. The predicted molar refractivity (Wildman–Crippen MR) is 112 cm³/mol. The van der Waals surface area contributed by atoms with Crippen LogP contribution in [0.5, 0.6) is 0 Å². The first-order chi connectivity index (χ1) is 12.7. The fraction of sp³-hybridized carbons (Fsp3) is 0.500. The van der Waals surface area contributed by atoms with E-state index < -0.39 is 0 Å². The highest BCUT2D eigenvalue weighted by Crippen LogP contribution is 2.46. The summed E-state index contributed by atoms with van der Waals surface area (Å²) in [6.45, 7) is 6.26. The van der Waals surface area contributed by atoms with Crippen LogP contribution in [0.1, 0.15) is 26.7 Å². The lowest BCUT2D eigenvalue weighted by Gasteiger charge is -2.29. The lowest BCUT2D eigenvalue weighted by atomic mass is 9.86. The SMILES string of the molecule is CC(C)(N)C1CC2CN(c3cnc(-c4cccc(Cl)c4Cl)c(N)n3)C[C@@H]2C1. The topological polar surface area (TPSA) is 81.1 Å². The molecule has 0 radical (unpaired) electrons. The van der Waals surface area contributed by atoms with Gasteiger partial charge in [0.15, 0.2) is 5.82 Å². The van der Waals surface area contributed by atoms with Crippen molar-refractivity contribution in [2.24, 2.45) is 23.5 Å². The van der Waals surface area contributed by atoms with Crippen molar-refractivity contribution in [2.45, 2.75) is 32.2 Å². The average molecular weight is 406 g/mol. The molecule has 2 aromatic rings. The van der Waals surface area contributed by atoms with Crippen molar-refractivity contribution in [3.8, 4) is 11.3 Å². The molecule has 2 aliphatic rings. The minimum absolute atomic E-state index is 0.0999. The Morgan fingerprint density at radius 3 is 2.41 bits per heavy atom. The molecule has 3 atom stereocenters. The summed E-state index contributed by atoms with van der Waals surface area (Å²) in [4.78, 5) is 11.5. The summed E-state index contributed by atoms with van der Waals surface area (Å²) in [5.74, 6) is 3.13. The van der Waals surface area contributed by atoms with Gasteiger partial charge in [0, 0.05) is 24.2 Å². The quantitative estimate of drug-likeness (QED) is 0.797. The number of aromatic nitrogens is 2. The number of nitrogens with two attached hydrogens (primary N) is 2. The first-order valence-corrected chi connectivity index (χ1v) is 10.1. The van der Waals surface area contributed by atoms with E-state index in [4.69, 9.17) is 34.7 Å². The molecular formula is C20H25Cl2N5. The lowest BCUT2D eigenvalue weighted by Crippen LogP contribution is -2.40. The van der Waals surface area contributed by atoms with Crippen molar-refractivity contribution in [2.75, 3.05) is 23.7 Å². The number of benzene rings is 1. The highest BCUT2D eigenvalue weighted by Gasteiger charge is 2.45. The zero-order chi connectivity index (χ0) is 19.3. The molecule has 1 saturated carbocycles. The van der Waals surface area contributed by atoms with Crippen molar-refractivity contribution in [1.82, 2.24) is 9.97 Å². The number of halogens is 2. The summed E-state index contributed by atoms with van der Waals surface area (Å²) in [5, 5.41) is 0.920. The lowest BCUT2D eigenvalue weighted by molar-refractivity contribution is 0.312. The van der Waals surface area contributed by atoms with Crippen LogP contribution in [0.4, 0.5) is 11.6 Å². The molecule has 0 bridgehead atoms. The van der Waals surface area contributed by atoms with Gasteiger partial charge in [-0.2, -0.15) is 0 Å². The Balaban J connectivity index is 1.53. The summed E-state index contributed by atoms with van der Waals surface area (Å²) >= 11 is 12.4. The van der Waals surface area contributed by atoms with Crippen LogP contribution in [0.2, 0.25) is 10.0 Å². The van der Waals surface area contributed by atoms with Gasteiger partial charge in [0.25, 0.3) is 0 Å². The number of hydrogen-bond acceptors (Lipinski definition) is 5. The second-order valence-electron chi connectivity index (χ2n) is 8.48. The van der Waals surface area contributed by atoms with Crippen LogP contribution in [0.3, 0.4) is 0 Å². The van der Waals surface area contributed by atoms with Gasteiger partial charge in [-0.05, 0) is 50.5 Å². The maximum Gasteiger partial charge on any atom is 0.152 e. The summed E-state index contributed by atoms with van der Waals surface area (Å²) < 4.78 is 0. The van der Waals surface area contributed by atoms with Crippen LogP contribution in [-0.2, 0) is 0 Å². The van der Waals surface area contributed by atoms with E-state index in [9.17, 15) is 0 Å². The van der Waals surface area contributed by atoms with Crippen LogP contribution in [0.15, 0.2) is 24.4 Å². The van der Waals surface area contributed by atoms with Crippen LogP contribution in [-0.4, -0.2) is 28.6 Å².